The lowest BCUT2D eigenvalue weighted by atomic mass is 10.1. The molecule has 0 saturated heterocycles. The molecule has 1 rings (SSSR count). The van der Waals surface area contributed by atoms with E-state index in [1.165, 1.54) is 0 Å². The molecule has 9 nitrogen and oxygen atoms in total. The molecule has 0 aliphatic heterocycles. The number of carbonyl (C=O) groups is 2. The van der Waals surface area contributed by atoms with Gasteiger partial charge >= 0.3 is 19.3 Å². The Hall–Kier alpha value is -2.30. The molecule has 0 spiro atoms. The molecule has 1 aromatic carbocycles. The Morgan fingerprint density at radius 2 is 1.11 bits per heavy atom. The molecule has 18 heavy (non-hydrogen) atoms. The van der Waals surface area contributed by atoms with E-state index in [1.807, 2.05) is 0 Å². The number of carboxylic acids is 2. The second-order valence-corrected chi connectivity index (χ2v) is 2.84. The van der Waals surface area contributed by atoms with Gasteiger partial charge < -0.3 is 35.5 Å². The summed E-state index contributed by atoms with van der Waals surface area (Å²) in [4.78, 5) is 20.9. The van der Waals surface area contributed by atoms with Crippen molar-refractivity contribution in [3.63, 3.8) is 0 Å². The lowest BCUT2D eigenvalue weighted by molar-refractivity contribution is 0.0693. The van der Waals surface area contributed by atoms with Crippen LogP contribution in [0.2, 0.25) is 0 Å². The molecule has 0 saturated carbocycles. The van der Waals surface area contributed by atoms with Gasteiger partial charge in [-0.25, -0.2) is 9.59 Å². The zero-order valence-electron chi connectivity index (χ0n) is 8.68. The highest BCUT2D eigenvalue weighted by atomic mass is 16.5. The van der Waals surface area contributed by atoms with Gasteiger partial charge in [-0.15, -0.1) is 0 Å². The van der Waals surface area contributed by atoms with Crippen LogP contribution in [0.1, 0.15) is 20.7 Å². The van der Waals surface area contributed by atoms with Gasteiger partial charge in [0.05, 0.1) is 0 Å². The maximum Gasteiger partial charge on any atom is 0.631 e. The van der Waals surface area contributed by atoms with Gasteiger partial charge in [0, 0.05) is 6.07 Å². The van der Waals surface area contributed by atoms with Crippen molar-refractivity contribution in [2.75, 3.05) is 0 Å². The summed E-state index contributed by atoms with van der Waals surface area (Å²) in [7, 11) is -2.17. The third-order valence-electron chi connectivity index (χ3n) is 1.57. The van der Waals surface area contributed by atoms with Crippen LogP contribution >= 0.6 is 0 Å². The second-order valence-electron chi connectivity index (χ2n) is 2.84. The third-order valence-corrected chi connectivity index (χ3v) is 1.57. The quantitative estimate of drug-likeness (QED) is 0.310. The summed E-state index contributed by atoms with van der Waals surface area (Å²) in [6.45, 7) is 0. The highest BCUT2D eigenvalue weighted by Gasteiger charge is 2.17. The van der Waals surface area contributed by atoms with E-state index in [0.29, 0.717) is 12.1 Å². The van der Waals surface area contributed by atoms with Crippen LogP contribution in [0.5, 0.6) is 11.5 Å². The van der Waals surface area contributed by atoms with Crippen molar-refractivity contribution in [1.29, 1.82) is 0 Å². The van der Waals surface area contributed by atoms with Crippen molar-refractivity contribution < 1.29 is 45.1 Å². The van der Waals surface area contributed by atoms with E-state index in [2.05, 4.69) is 0 Å². The molecule has 1 aromatic rings. The fourth-order valence-electron chi connectivity index (χ4n) is 0.920. The van der Waals surface area contributed by atoms with Gasteiger partial charge in [-0.05, 0) is 6.07 Å². The average molecular weight is 260 g/mol. The molecule has 0 heterocycles. The summed E-state index contributed by atoms with van der Waals surface area (Å²) >= 11 is 0. The number of aromatic carboxylic acids is 2. The van der Waals surface area contributed by atoms with E-state index >= 15 is 0 Å². The lowest BCUT2D eigenvalue weighted by Gasteiger charge is -2.03. The zero-order valence-corrected chi connectivity index (χ0v) is 8.68. The lowest BCUT2D eigenvalue weighted by Crippen LogP contribution is -2.07. The molecule has 98 valence electrons. The summed E-state index contributed by atoms with van der Waals surface area (Å²) in [5.74, 6) is -4.30. The van der Waals surface area contributed by atoms with E-state index in [-0.39, 0.29) is 0 Å². The number of carboxylic acid groups (broad SMARTS) is 2. The molecule has 7 N–H and O–H groups in total. The van der Waals surface area contributed by atoms with Crippen LogP contribution in [0, 0.1) is 0 Å². The van der Waals surface area contributed by atoms with Crippen molar-refractivity contribution in [1.82, 2.24) is 0 Å². The first-order chi connectivity index (χ1) is 8.16. The van der Waals surface area contributed by atoms with Crippen LogP contribution in [0.3, 0.4) is 0 Å². The summed E-state index contributed by atoms with van der Waals surface area (Å²) in [6, 6.07) is 1.36. The Kier molecular flexibility index (Phi) is 5.62. The Morgan fingerprint density at radius 1 is 0.833 bits per heavy atom. The van der Waals surface area contributed by atoms with Crippen LogP contribution in [-0.2, 0) is 0 Å². The minimum atomic E-state index is -2.17. The molecule has 0 unspecified atom stereocenters. The van der Waals surface area contributed by atoms with E-state index in [9.17, 15) is 9.59 Å². The molecule has 10 heteroatoms. The molecule has 0 aromatic heterocycles. The van der Waals surface area contributed by atoms with E-state index in [0.717, 1.165) is 0 Å². The predicted octanol–water partition coefficient (Wildman–Crippen LogP) is -1.56. The van der Waals surface area contributed by atoms with Crippen LogP contribution in [0.15, 0.2) is 12.1 Å². The number of rotatable bonds is 2. The molecule has 0 atom stereocenters. The first-order valence-corrected chi connectivity index (χ1v) is 4.23. The van der Waals surface area contributed by atoms with Crippen molar-refractivity contribution in [2.24, 2.45) is 0 Å². The SMILES string of the molecule is O=C(O)c1cc(C(=O)O)c(O)cc1O.OB(O)O. The summed E-state index contributed by atoms with van der Waals surface area (Å²) < 4.78 is 0. The van der Waals surface area contributed by atoms with E-state index < -0.39 is 41.9 Å². The molecule has 0 radical (unpaired) electrons. The zero-order chi connectivity index (χ0) is 14.5. The Balaban J connectivity index is 0.000000631. The number of aromatic hydroxyl groups is 2. The Bertz CT molecular complexity index is 418. The minimum absolute atomic E-state index is 0.569. The third kappa shape index (κ3) is 4.70. The monoisotopic (exact) mass is 260 g/mol. The fourth-order valence-corrected chi connectivity index (χ4v) is 0.920. The van der Waals surface area contributed by atoms with Crippen molar-refractivity contribution in [3.8, 4) is 11.5 Å². The van der Waals surface area contributed by atoms with E-state index in [1.54, 1.807) is 0 Å². The molecule has 0 aliphatic carbocycles. The van der Waals surface area contributed by atoms with Gasteiger partial charge in [0.2, 0.25) is 0 Å². The standard InChI is InChI=1S/C8H6O6.BH3O3/c9-5-2-6(10)4(8(13)14)1-3(5)7(11)12;2-1(3)4/h1-2,9-10H,(H,11,12)(H,13,14);2-4H. The number of benzene rings is 1. The minimum Gasteiger partial charge on any atom is -0.507 e. The van der Waals surface area contributed by atoms with Gasteiger partial charge in [0.15, 0.2) is 0 Å². The van der Waals surface area contributed by atoms with E-state index in [4.69, 9.17) is 35.5 Å². The fraction of sp³-hybridized carbons (Fsp3) is 0. The van der Waals surface area contributed by atoms with Crippen molar-refractivity contribution >= 4 is 19.3 Å². The molecular formula is C8H9BO9. The van der Waals surface area contributed by atoms with Gasteiger partial charge in [-0.3, -0.25) is 0 Å². The smallest absolute Gasteiger partial charge is 0.507 e. The number of phenols is 2. The maximum atomic E-state index is 10.5. The highest BCUT2D eigenvalue weighted by molar-refractivity contribution is 6.30. The summed E-state index contributed by atoms with van der Waals surface area (Å²) in [6.07, 6.45) is 0. The predicted molar refractivity (Wildman–Crippen MR) is 56.1 cm³/mol. The number of hydrogen-bond donors (Lipinski definition) is 7. The maximum absolute atomic E-state index is 10.5. The summed E-state index contributed by atoms with van der Waals surface area (Å²) in [5, 5.41) is 56.6. The van der Waals surface area contributed by atoms with Crippen molar-refractivity contribution in [3.05, 3.63) is 23.3 Å². The Labute approximate surface area is 100.0 Å². The largest absolute Gasteiger partial charge is 0.631 e. The molecule has 0 bridgehead atoms. The summed E-state index contributed by atoms with van der Waals surface area (Å²) in [5.41, 5.74) is -1.14. The molecule has 0 amide bonds. The molecule has 0 aliphatic rings. The average Bonchev–Trinajstić information content (AvgIpc) is 2.14. The Morgan fingerprint density at radius 3 is 1.33 bits per heavy atom. The first kappa shape index (κ1) is 15.7. The van der Waals surface area contributed by atoms with Gasteiger partial charge in [0.1, 0.15) is 22.6 Å². The van der Waals surface area contributed by atoms with Crippen LogP contribution < -0.4 is 0 Å². The van der Waals surface area contributed by atoms with Gasteiger partial charge in [0.25, 0.3) is 0 Å². The van der Waals surface area contributed by atoms with Gasteiger partial charge in [-0.2, -0.15) is 0 Å². The molecule has 0 fully saturated rings. The van der Waals surface area contributed by atoms with Crippen LogP contribution in [0.4, 0.5) is 0 Å². The highest BCUT2D eigenvalue weighted by Crippen LogP contribution is 2.27. The first-order valence-electron chi connectivity index (χ1n) is 4.23. The molecular weight excluding hydrogens is 251 g/mol. The second kappa shape index (κ2) is 6.44. The van der Waals surface area contributed by atoms with Crippen molar-refractivity contribution in [2.45, 2.75) is 0 Å². The normalized spacial score (nSPS) is 9.06. The van der Waals surface area contributed by atoms with Crippen LogP contribution in [0.25, 0.3) is 0 Å². The van der Waals surface area contributed by atoms with Crippen LogP contribution in [-0.4, -0.2) is 54.8 Å². The number of hydrogen-bond acceptors (Lipinski definition) is 7. The van der Waals surface area contributed by atoms with Gasteiger partial charge in [-0.1, -0.05) is 0 Å². The topological polar surface area (TPSA) is 176 Å².